The van der Waals surface area contributed by atoms with Gasteiger partial charge in [-0.05, 0) is 53.0 Å². The summed E-state index contributed by atoms with van der Waals surface area (Å²) in [5, 5.41) is 2.99. The molecule has 1 unspecified atom stereocenters. The molecule has 1 atom stereocenters. The maximum atomic E-state index is 12.7. The van der Waals surface area contributed by atoms with Crippen LogP contribution in [0.4, 0.5) is 11.7 Å². The topological polar surface area (TPSA) is 58.4 Å². The first-order valence-electron chi connectivity index (χ1n) is 7.90. The Morgan fingerprint density at radius 1 is 1.21 bits per heavy atom. The molecule has 1 amide bonds. The van der Waals surface area contributed by atoms with E-state index in [9.17, 15) is 4.79 Å². The Bertz CT molecular complexity index is 860. The van der Waals surface area contributed by atoms with Crippen LogP contribution in [0, 0.1) is 0 Å². The van der Waals surface area contributed by atoms with Crippen molar-refractivity contribution in [2.45, 2.75) is 18.9 Å². The number of halogens is 1. The number of hydrogen-bond acceptors (Lipinski definition) is 4. The molecule has 1 N–H and O–H groups in total. The van der Waals surface area contributed by atoms with E-state index in [0.717, 1.165) is 40.6 Å². The van der Waals surface area contributed by atoms with Crippen molar-refractivity contribution in [1.29, 1.82) is 0 Å². The molecule has 5 nitrogen and oxygen atoms in total. The number of para-hydroxylation sites is 3. The van der Waals surface area contributed by atoms with Gasteiger partial charge < -0.3 is 14.6 Å². The van der Waals surface area contributed by atoms with E-state index in [0.29, 0.717) is 6.01 Å². The second-order valence-electron chi connectivity index (χ2n) is 5.78. The third-order valence-corrected chi connectivity index (χ3v) is 4.91. The molecule has 24 heavy (non-hydrogen) atoms. The smallest absolute Gasteiger partial charge is 0.299 e. The van der Waals surface area contributed by atoms with Crippen molar-refractivity contribution in [2.75, 3.05) is 16.8 Å². The van der Waals surface area contributed by atoms with Crippen LogP contribution in [0.5, 0.6) is 0 Å². The second kappa shape index (κ2) is 6.28. The number of rotatable bonds is 3. The molecule has 4 rings (SSSR count). The fourth-order valence-electron chi connectivity index (χ4n) is 3.03. The average Bonchev–Trinajstić information content (AvgIpc) is 3.23. The van der Waals surface area contributed by atoms with Crippen molar-refractivity contribution in [2.24, 2.45) is 0 Å². The molecule has 1 aliphatic heterocycles. The van der Waals surface area contributed by atoms with Crippen LogP contribution in [0.25, 0.3) is 11.1 Å². The summed E-state index contributed by atoms with van der Waals surface area (Å²) < 4.78 is 6.70. The normalized spacial score (nSPS) is 17.4. The van der Waals surface area contributed by atoms with Crippen molar-refractivity contribution in [3.05, 3.63) is 53.0 Å². The monoisotopic (exact) mass is 385 g/mol. The Morgan fingerprint density at radius 2 is 2.00 bits per heavy atom. The van der Waals surface area contributed by atoms with Crippen molar-refractivity contribution in [3.63, 3.8) is 0 Å². The quantitative estimate of drug-likeness (QED) is 0.733. The number of oxazole rings is 1. The number of nitrogens with zero attached hydrogens (tertiary/aromatic N) is 2. The molecule has 1 fully saturated rings. The lowest BCUT2D eigenvalue weighted by atomic mass is 10.2. The predicted octanol–water partition coefficient (Wildman–Crippen LogP) is 4.20. The van der Waals surface area contributed by atoms with Crippen LogP contribution in [0.3, 0.4) is 0 Å². The zero-order chi connectivity index (χ0) is 16.5. The van der Waals surface area contributed by atoms with Gasteiger partial charge in [0.1, 0.15) is 11.6 Å². The Labute approximate surface area is 147 Å². The molecule has 0 radical (unpaired) electrons. The number of carbonyl (C=O) groups excluding carboxylic acids is 1. The summed E-state index contributed by atoms with van der Waals surface area (Å²) in [4.78, 5) is 19.2. The first kappa shape index (κ1) is 15.2. The highest BCUT2D eigenvalue weighted by molar-refractivity contribution is 9.10. The highest BCUT2D eigenvalue weighted by atomic mass is 79.9. The van der Waals surface area contributed by atoms with Gasteiger partial charge in [0.05, 0.1) is 5.69 Å². The van der Waals surface area contributed by atoms with Crippen LogP contribution in [-0.2, 0) is 4.79 Å². The maximum Gasteiger partial charge on any atom is 0.299 e. The number of nitrogens with one attached hydrogen (secondary N) is 1. The third kappa shape index (κ3) is 2.78. The van der Waals surface area contributed by atoms with E-state index < -0.39 is 0 Å². The number of fused-ring (bicyclic) bond motifs is 1. The Balaban J connectivity index is 1.58. The fourth-order valence-corrected chi connectivity index (χ4v) is 3.41. The summed E-state index contributed by atoms with van der Waals surface area (Å²) >= 11 is 3.46. The zero-order valence-electron chi connectivity index (χ0n) is 12.9. The zero-order valence-corrected chi connectivity index (χ0v) is 14.5. The molecule has 0 spiro atoms. The van der Waals surface area contributed by atoms with Gasteiger partial charge >= 0.3 is 0 Å². The van der Waals surface area contributed by atoms with Crippen molar-refractivity contribution < 1.29 is 9.21 Å². The predicted molar refractivity (Wildman–Crippen MR) is 97.1 cm³/mol. The molecule has 1 aliphatic rings. The number of carbonyl (C=O) groups is 1. The fraction of sp³-hybridized carbons (Fsp3) is 0.222. The largest absolute Gasteiger partial charge is 0.423 e. The van der Waals surface area contributed by atoms with Gasteiger partial charge in [0.2, 0.25) is 5.91 Å². The summed E-state index contributed by atoms with van der Waals surface area (Å²) in [5.74, 6) is -0.0401. The van der Waals surface area contributed by atoms with Crippen LogP contribution < -0.4 is 10.2 Å². The molecule has 2 aromatic carbocycles. The molecule has 3 aromatic rings. The Morgan fingerprint density at radius 3 is 2.83 bits per heavy atom. The molecular formula is C18H16BrN3O2. The van der Waals surface area contributed by atoms with Crippen LogP contribution in [-0.4, -0.2) is 23.5 Å². The van der Waals surface area contributed by atoms with Gasteiger partial charge in [0.15, 0.2) is 5.58 Å². The van der Waals surface area contributed by atoms with E-state index in [1.54, 1.807) is 0 Å². The number of anilines is 2. The van der Waals surface area contributed by atoms with Gasteiger partial charge in [-0.1, -0.05) is 24.3 Å². The number of aromatic nitrogens is 1. The first-order valence-corrected chi connectivity index (χ1v) is 8.69. The first-order chi connectivity index (χ1) is 11.7. The average molecular weight is 386 g/mol. The van der Waals surface area contributed by atoms with Gasteiger partial charge in [-0.25, -0.2) is 0 Å². The van der Waals surface area contributed by atoms with Gasteiger partial charge in [-0.15, -0.1) is 0 Å². The summed E-state index contributed by atoms with van der Waals surface area (Å²) in [6.07, 6.45) is 1.72. The number of amides is 1. The number of hydrogen-bond donors (Lipinski definition) is 1. The maximum absolute atomic E-state index is 12.7. The van der Waals surface area contributed by atoms with Crippen molar-refractivity contribution in [3.8, 4) is 0 Å². The van der Waals surface area contributed by atoms with E-state index in [2.05, 4.69) is 26.2 Å². The standard InChI is InChI=1S/C18H16BrN3O2/c19-12-6-1-2-7-13(12)20-17(23)15-9-5-11-22(15)18-21-14-8-3-4-10-16(14)24-18/h1-4,6-8,10,15H,5,9,11H2,(H,20,23). The van der Waals surface area contributed by atoms with E-state index in [4.69, 9.17) is 4.42 Å². The lowest BCUT2D eigenvalue weighted by molar-refractivity contribution is -0.117. The van der Waals surface area contributed by atoms with Gasteiger partial charge in [0, 0.05) is 11.0 Å². The Kier molecular flexibility index (Phi) is 3.98. The molecule has 6 heteroatoms. The van der Waals surface area contributed by atoms with Crippen LogP contribution in [0.2, 0.25) is 0 Å². The van der Waals surface area contributed by atoms with Crippen molar-refractivity contribution >= 4 is 44.6 Å². The van der Waals surface area contributed by atoms with Crippen LogP contribution in [0.1, 0.15) is 12.8 Å². The summed E-state index contributed by atoms with van der Waals surface area (Å²) in [6, 6.07) is 15.5. The second-order valence-corrected chi connectivity index (χ2v) is 6.64. The van der Waals surface area contributed by atoms with Gasteiger partial charge in [-0.3, -0.25) is 4.79 Å². The minimum atomic E-state index is -0.273. The van der Waals surface area contributed by atoms with Crippen LogP contribution >= 0.6 is 15.9 Å². The summed E-state index contributed by atoms with van der Waals surface area (Å²) in [7, 11) is 0. The molecule has 1 aromatic heterocycles. The van der Waals surface area contributed by atoms with E-state index >= 15 is 0 Å². The molecule has 0 saturated carbocycles. The molecule has 1 saturated heterocycles. The van der Waals surface area contributed by atoms with Crippen LogP contribution in [0.15, 0.2) is 57.4 Å². The van der Waals surface area contributed by atoms with E-state index in [1.807, 2.05) is 53.4 Å². The molecular weight excluding hydrogens is 370 g/mol. The van der Waals surface area contributed by atoms with Gasteiger partial charge in [0.25, 0.3) is 6.01 Å². The van der Waals surface area contributed by atoms with Gasteiger partial charge in [-0.2, -0.15) is 4.98 Å². The summed E-state index contributed by atoms with van der Waals surface area (Å²) in [5.41, 5.74) is 2.32. The van der Waals surface area contributed by atoms with E-state index in [1.165, 1.54) is 0 Å². The SMILES string of the molecule is O=C(Nc1ccccc1Br)C1CCCN1c1nc2ccccc2o1. The minimum absolute atomic E-state index is 0.0401. The minimum Gasteiger partial charge on any atom is -0.423 e. The highest BCUT2D eigenvalue weighted by Gasteiger charge is 2.34. The lowest BCUT2D eigenvalue weighted by Crippen LogP contribution is -2.40. The summed E-state index contributed by atoms with van der Waals surface area (Å²) in [6.45, 7) is 0.765. The highest BCUT2D eigenvalue weighted by Crippen LogP contribution is 2.29. The molecule has 2 heterocycles. The molecule has 0 bridgehead atoms. The molecule has 0 aliphatic carbocycles. The molecule has 122 valence electrons. The lowest BCUT2D eigenvalue weighted by Gasteiger charge is -2.22. The van der Waals surface area contributed by atoms with E-state index in [-0.39, 0.29) is 11.9 Å². The Hall–Kier alpha value is -2.34. The third-order valence-electron chi connectivity index (χ3n) is 4.22. The number of benzene rings is 2. The van der Waals surface area contributed by atoms with Crippen molar-refractivity contribution in [1.82, 2.24) is 4.98 Å².